The van der Waals surface area contributed by atoms with Crippen molar-refractivity contribution in [2.45, 2.75) is 20.8 Å². The summed E-state index contributed by atoms with van der Waals surface area (Å²) >= 11 is 0. The van der Waals surface area contributed by atoms with Crippen molar-refractivity contribution in [2.24, 2.45) is 0 Å². The molecule has 1 aromatic carbocycles. The summed E-state index contributed by atoms with van der Waals surface area (Å²) < 4.78 is 9.66. The van der Waals surface area contributed by atoms with E-state index in [9.17, 15) is 29.8 Å². The highest BCUT2D eigenvalue weighted by Crippen LogP contribution is 2.32. The molecule has 0 saturated carbocycles. The first-order valence-electron chi connectivity index (χ1n) is 6.68. The van der Waals surface area contributed by atoms with E-state index in [1.165, 1.54) is 13.8 Å². The molecule has 0 amide bonds. The number of benzene rings is 1. The van der Waals surface area contributed by atoms with Crippen molar-refractivity contribution in [3.8, 4) is 0 Å². The van der Waals surface area contributed by atoms with Crippen LogP contribution in [-0.4, -0.2) is 28.4 Å². The molecule has 0 heterocycles. The van der Waals surface area contributed by atoms with Gasteiger partial charge in [-0.1, -0.05) is 0 Å². The van der Waals surface area contributed by atoms with Gasteiger partial charge in [-0.05, 0) is 19.9 Å². The van der Waals surface area contributed by atoms with Crippen molar-refractivity contribution < 1.29 is 28.9 Å². The van der Waals surface area contributed by atoms with E-state index in [-0.39, 0.29) is 23.5 Å². The first-order valence-corrected chi connectivity index (χ1v) is 6.68. The molecule has 128 valence electrons. The first kappa shape index (κ1) is 18.7. The topological polar surface area (TPSA) is 139 Å². The van der Waals surface area contributed by atoms with Gasteiger partial charge in [0.2, 0.25) is 0 Å². The molecule has 0 radical (unpaired) electrons. The Kier molecular flexibility index (Phi) is 6.10. The number of nitrogens with zero attached hydrogens (tertiary/aromatic N) is 2. The van der Waals surface area contributed by atoms with E-state index in [4.69, 9.17) is 9.47 Å². The fraction of sp³-hybridized carbons (Fsp3) is 0.286. The van der Waals surface area contributed by atoms with E-state index in [0.29, 0.717) is 0 Å². The van der Waals surface area contributed by atoms with Crippen LogP contribution in [-0.2, 0) is 19.1 Å². The zero-order valence-electron chi connectivity index (χ0n) is 13.1. The van der Waals surface area contributed by atoms with Crippen LogP contribution in [0.1, 0.15) is 26.3 Å². The Balaban J connectivity index is 3.64. The van der Waals surface area contributed by atoms with Crippen LogP contribution in [0.25, 0.3) is 5.57 Å². The number of allylic oxidation sites excluding steroid dienone is 1. The average molecular weight is 338 g/mol. The Labute approximate surface area is 136 Å². The van der Waals surface area contributed by atoms with Crippen molar-refractivity contribution >= 4 is 28.9 Å². The van der Waals surface area contributed by atoms with Gasteiger partial charge in [0, 0.05) is 13.0 Å². The van der Waals surface area contributed by atoms with Crippen molar-refractivity contribution in [3.05, 3.63) is 49.8 Å². The number of hydrogen-bond acceptors (Lipinski definition) is 8. The van der Waals surface area contributed by atoms with Crippen molar-refractivity contribution in [2.75, 3.05) is 6.61 Å². The van der Waals surface area contributed by atoms with Crippen molar-refractivity contribution in [3.63, 3.8) is 0 Å². The predicted octanol–water partition coefficient (Wildman–Crippen LogP) is 2.36. The van der Waals surface area contributed by atoms with E-state index in [1.54, 1.807) is 0 Å². The zero-order chi connectivity index (χ0) is 18.4. The maximum absolute atomic E-state index is 12.1. The fourth-order valence-electron chi connectivity index (χ4n) is 1.91. The molecular weight excluding hydrogens is 324 g/mol. The van der Waals surface area contributed by atoms with Crippen LogP contribution in [0.2, 0.25) is 0 Å². The number of esters is 2. The van der Waals surface area contributed by atoms with Crippen molar-refractivity contribution in [1.29, 1.82) is 0 Å². The number of hydrogen-bond donors (Lipinski definition) is 0. The summed E-state index contributed by atoms with van der Waals surface area (Å²) in [6.07, 6.45) is 0. The SMILES string of the molecule is CCOC(=O)/C(=C(/C)OC(C)=O)c1ccc([N+](=O)[O-])cc1[N+](=O)[O-]. The third-order valence-electron chi connectivity index (χ3n) is 2.79. The molecule has 0 atom stereocenters. The molecule has 0 N–H and O–H groups in total. The molecule has 0 bridgehead atoms. The predicted molar refractivity (Wildman–Crippen MR) is 80.7 cm³/mol. The van der Waals surface area contributed by atoms with Crippen LogP contribution in [0.15, 0.2) is 24.0 Å². The zero-order valence-corrected chi connectivity index (χ0v) is 13.1. The number of ether oxygens (including phenoxy) is 2. The Morgan fingerprint density at radius 1 is 1.12 bits per heavy atom. The van der Waals surface area contributed by atoms with Crippen LogP contribution in [0.3, 0.4) is 0 Å². The molecule has 0 aromatic heterocycles. The van der Waals surface area contributed by atoms with Gasteiger partial charge in [0.05, 0.1) is 28.1 Å². The second kappa shape index (κ2) is 7.81. The molecule has 1 aromatic rings. The molecule has 0 aliphatic rings. The molecule has 1 rings (SSSR count). The monoisotopic (exact) mass is 338 g/mol. The van der Waals surface area contributed by atoms with Crippen molar-refractivity contribution in [1.82, 2.24) is 0 Å². The van der Waals surface area contributed by atoms with Gasteiger partial charge in [-0.3, -0.25) is 25.0 Å². The Bertz CT molecular complexity index is 738. The summed E-state index contributed by atoms with van der Waals surface area (Å²) in [6.45, 7) is 3.87. The van der Waals surface area contributed by atoms with E-state index >= 15 is 0 Å². The summed E-state index contributed by atoms with van der Waals surface area (Å²) in [5, 5.41) is 22.0. The lowest BCUT2D eigenvalue weighted by Crippen LogP contribution is -2.12. The van der Waals surface area contributed by atoms with Gasteiger partial charge in [0.15, 0.2) is 0 Å². The van der Waals surface area contributed by atoms with Crippen LogP contribution < -0.4 is 0 Å². The van der Waals surface area contributed by atoms with Crippen LogP contribution in [0, 0.1) is 20.2 Å². The molecule has 0 fully saturated rings. The summed E-state index contributed by atoms with van der Waals surface area (Å²) in [7, 11) is 0. The smallest absolute Gasteiger partial charge is 0.342 e. The minimum Gasteiger partial charge on any atom is -0.462 e. The van der Waals surface area contributed by atoms with Gasteiger partial charge < -0.3 is 9.47 Å². The number of carbonyl (C=O) groups excluding carboxylic acids is 2. The van der Waals surface area contributed by atoms with Gasteiger partial charge in [-0.2, -0.15) is 0 Å². The van der Waals surface area contributed by atoms with Gasteiger partial charge in [0.25, 0.3) is 11.4 Å². The highest BCUT2D eigenvalue weighted by molar-refractivity contribution is 6.18. The summed E-state index contributed by atoms with van der Waals surface area (Å²) in [6, 6.07) is 2.76. The lowest BCUT2D eigenvalue weighted by Gasteiger charge is -2.11. The minimum atomic E-state index is -0.951. The molecular formula is C14H14N2O8. The number of rotatable bonds is 6. The number of carbonyl (C=O) groups is 2. The van der Waals surface area contributed by atoms with Crippen LogP contribution >= 0.6 is 0 Å². The Hall–Kier alpha value is -3.30. The normalized spacial score (nSPS) is 11.3. The lowest BCUT2D eigenvalue weighted by molar-refractivity contribution is -0.394. The van der Waals surface area contributed by atoms with Gasteiger partial charge >= 0.3 is 11.9 Å². The van der Waals surface area contributed by atoms with Crippen LogP contribution in [0.4, 0.5) is 11.4 Å². The van der Waals surface area contributed by atoms with E-state index in [0.717, 1.165) is 25.1 Å². The van der Waals surface area contributed by atoms with E-state index in [1.807, 2.05) is 0 Å². The van der Waals surface area contributed by atoms with Gasteiger partial charge in [-0.25, -0.2) is 4.79 Å². The van der Waals surface area contributed by atoms with E-state index < -0.39 is 33.2 Å². The highest BCUT2D eigenvalue weighted by Gasteiger charge is 2.28. The molecule has 0 spiro atoms. The third kappa shape index (κ3) is 4.35. The molecule has 0 aliphatic heterocycles. The van der Waals surface area contributed by atoms with Crippen LogP contribution in [0.5, 0.6) is 0 Å². The molecule has 0 unspecified atom stereocenters. The van der Waals surface area contributed by atoms with E-state index in [2.05, 4.69) is 0 Å². The highest BCUT2D eigenvalue weighted by atomic mass is 16.6. The number of nitro benzene ring substituents is 2. The maximum Gasteiger partial charge on any atom is 0.342 e. The standard InChI is InChI=1S/C14H14N2O8/c1-4-23-14(18)13(8(2)24-9(3)17)11-6-5-10(15(19)20)7-12(11)16(21)22/h5-7H,4H2,1-3H3/b13-8-. The summed E-state index contributed by atoms with van der Waals surface area (Å²) in [5.74, 6) is -1.90. The number of non-ortho nitro benzene ring substituents is 1. The maximum atomic E-state index is 12.1. The van der Waals surface area contributed by atoms with Gasteiger partial charge in [-0.15, -0.1) is 0 Å². The molecule has 0 aliphatic carbocycles. The minimum absolute atomic E-state index is 0.0174. The molecule has 10 nitrogen and oxygen atoms in total. The largest absolute Gasteiger partial charge is 0.462 e. The summed E-state index contributed by atoms with van der Waals surface area (Å²) in [5.41, 5.74) is -1.80. The quantitative estimate of drug-likeness (QED) is 0.253. The average Bonchev–Trinajstić information content (AvgIpc) is 2.46. The molecule has 24 heavy (non-hydrogen) atoms. The molecule has 10 heteroatoms. The lowest BCUT2D eigenvalue weighted by atomic mass is 10.0. The Morgan fingerprint density at radius 3 is 2.21 bits per heavy atom. The summed E-state index contributed by atoms with van der Waals surface area (Å²) in [4.78, 5) is 43.6. The number of nitro groups is 2. The Morgan fingerprint density at radius 2 is 1.75 bits per heavy atom. The van der Waals surface area contributed by atoms with Gasteiger partial charge in [0.1, 0.15) is 11.3 Å². The third-order valence-corrected chi connectivity index (χ3v) is 2.79. The molecule has 0 saturated heterocycles. The second-order valence-corrected chi connectivity index (χ2v) is 4.46. The fourth-order valence-corrected chi connectivity index (χ4v) is 1.91. The first-order chi connectivity index (χ1) is 11.2. The second-order valence-electron chi connectivity index (χ2n) is 4.46.